The molecule has 2 amide bonds. The molecule has 0 fully saturated rings. The number of benzene rings is 1. The number of rotatable bonds is 3. The van der Waals surface area contributed by atoms with Gasteiger partial charge in [-0.25, -0.2) is 0 Å². The Hall–Kier alpha value is -1.01. The molecule has 6 heteroatoms. The van der Waals surface area contributed by atoms with Gasteiger partial charge in [-0.2, -0.15) is 10.1 Å². The number of hydrogen-bond donors (Lipinski definition) is 0. The van der Waals surface area contributed by atoms with Crippen molar-refractivity contribution < 1.29 is 9.59 Å². The van der Waals surface area contributed by atoms with E-state index in [1.54, 1.807) is 24.3 Å². The third-order valence-corrected chi connectivity index (χ3v) is 3.62. The van der Waals surface area contributed by atoms with Crippen LogP contribution in [0, 0.1) is 0 Å². The summed E-state index contributed by atoms with van der Waals surface area (Å²) < 4.78 is 0. The van der Waals surface area contributed by atoms with Crippen molar-refractivity contribution in [3.05, 3.63) is 35.4 Å². The van der Waals surface area contributed by atoms with Crippen molar-refractivity contribution in [1.82, 2.24) is 5.01 Å². The average molecular weight is 360 g/mol. The van der Waals surface area contributed by atoms with E-state index in [4.69, 9.17) is 0 Å². The summed E-state index contributed by atoms with van der Waals surface area (Å²) >= 11 is 6.50. The third-order valence-electron chi connectivity index (χ3n) is 2.32. The molecular weight excluding hydrogens is 352 g/mol. The Morgan fingerprint density at radius 3 is 1.94 bits per heavy atom. The Morgan fingerprint density at radius 2 is 1.53 bits per heavy atom. The van der Waals surface area contributed by atoms with Crippen molar-refractivity contribution in [2.45, 2.75) is 0 Å². The van der Waals surface area contributed by atoms with Gasteiger partial charge >= 0.3 is 0 Å². The maximum atomic E-state index is 11.9. The van der Waals surface area contributed by atoms with Gasteiger partial charge in [0.2, 0.25) is 0 Å². The molecule has 1 aliphatic heterocycles. The molecule has 0 atom stereocenters. The van der Waals surface area contributed by atoms with E-state index in [0.717, 1.165) is 5.01 Å². The monoisotopic (exact) mass is 358 g/mol. The number of halogens is 2. The van der Waals surface area contributed by atoms with E-state index < -0.39 is 0 Å². The van der Waals surface area contributed by atoms with Crippen LogP contribution in [0.25, 0.3) is 0 Å². The quantitative estimate of drug-likeness (QED) is 0.472. The highest BCUT2D eigenvalue weighted by Gasteiger charge is 2.35. The van der Waals surface area contributed by atoms with Crippen LogP contribution >= 0.6 is 31.9 Å². The van der Waals surface area contributed by atoms with Crippen LogP contribution in [0.5, 0.6) is 0 Å². The molecule has 0 unspecified atom stereocenters. The van der Waals surface area contributed by atoms with Crippen LogP contribution in [-0.4, -0.2) is 33.2 Å². The van der Waals surface area contributed by atoms with E-state index in [0.29, 0.717) is 27.5 Å². The fourth-order valence-corrected chi connectivity index (χ4v) is 2.65. The lowest BCUT2D eigenvalue weighted by Gasteiger charge is -2.08. The molecule has 0 radical (unpaired) electrons. The lowest BCUT2D eigenvalue weighted by molar-refractivity contribution is 0.0658. The number of nitrogens with zero attached hydrogens (tertiary/aromatic N) is 2. The SMILES string of the molecule is O=C1c2ccccc2C(=O)N1N=C(CBr)CBr. The molecule has 0 aliphatic carbocycles. The Kier molecular flexibility index (Phi) is 3.73. The molecular formula is C11H8Br2N2O2. The number of hydrazone groups is 1. The van der Waals surface area contributed by atoms with Crippen LogP contribution in [0.3, 0.4) is 0 Å². The molecule has 1 aliphatic rings. The first-order valence-corrected chi connectivity index (χ1v) is 7.09. The van der Waals surface area contributed by atoms with Gasteiger partial charge in [-0.15, -0.1) is 0 Å². The number of hydrogen-bond acceptors (Lipinski definition) is 3. The minimum absolute atomic E-state index is 0.370. The topological polar surface area (TPSA) is 49.7 Å². The summed E-state index contributed by atoms with van der Waals surface area (Å²) in [6.07, 6.45) is 0. The molecule has 1 aromatic rings. The molecule has 1 aromatic carbocycles. The van der Waals surface area contributed by atoms with Gasteiger partial charge in [0, 0.05) is 10.7 Å². The minimum atomic E-state index is -0.370. The average Bonchev–Trinajstić information content (AvgIpc) is 2.61. The van der Waals surface area contributed by atoms with Crippen molar-refractivity contribution in [2.24, 2.45) is 5.10 Å². The lowest BCUT2D eigenvalue weighted by atomic mass is 10.1. The summed E-state index contributed by atoms with van der Waals surface area (Å²) in [7, 11) is 0. The second kappa shape index (κ2) is 5.10. The van der Waals surface area contributed by atoms with Crippen molar-refractivity contribution in [3.63, 3.8) is 0 Å². The molecule has 0 saturated carbocycles. The van der Waals surface area contributed by atoms with Crippen LogP contribution in [0.15, 0.2) is 29.4 Å². The number of carbonyl (C=O) groups is 2. The van der Waals surface area contributed by atoms with Gasteiger partial charge in [0.25, 0.3) is 11.8 Å². The van der Waals surface area contributed by atoms with E-state index in [9.17, 15) is 9.59 Å². The second-order valence-electron chi connectivity index (χ2n) is 3.40. The Labute approximate surface area is 115 Å². The number of carbonyl (C=O) groups excluding carboxylic acids is 2. The first-order valence-electron chi connectivity index (χ1n) is 4.85. The molecule has 0 aromatic heterocycles. The molecule has 0 N–H and O–H groups in total. The lowest BCUT2D eigenvalue weighted by Crippen LogP contribution is -2.26. The zero-order valence-electron chi connectivity index (χ0n) is 8.69. The summed E-state index contributed by atoms with van der Waals surface area (Å²) in [6, 6.07) is 6.72. The van der Waals surface area contributed by atoms with Crippen LogP contribution < -0.4 is 0 Å². The van der Waals surface area contributed by atoms with Crippen molar-refractivity contribution in [1.29, 1.82) is 0 Å². The van der Waals surface area contributed by atoms with E-state index in [-0.39, 0.29) is 11.8 Å². The van der Waals surface area contributed by atoms with Crippen molar-refractivity contribution >= 4 is 49.4 Å². The Morgan fingerprint density at radius 1 is 1.06 bits per heavy atom. The summed E-state index contributed by atoms with van der Waals surface area (Å²) in [6.45, 7) is 0. The van der Waals surface area contributed by atoms with Gasteiger partial charge in [0.1, 0.15) is 0 Å². The molecule has 17 heavy (non-hydrogen) atoms. The second-order valence-corrected chi connectivity index (χ2v) is 4.52. The molecule has 0 spiro atoms. The number of alkyl halides is 2. The van der Waals surface area contributed by atoms with E-state index in [1.165, 1.54) is 0 Å². The van der Waals surface area contributed by atoms with Crippen LogP contribution in [0.2, 0.25) is 0 Å². The van der Waals surface area contributed by atoms with Gasteiger partial charge in [-0.3, -0.25) is 9.59 Å². The van der Waals surface area contributed by atoms with Gasteiger partial charge in [0.15, 0.2) is 0 Å². The highest BCUT2D eigenvalue weighted by Crippen LogP contribution is 2.22. The molecule has 2 rings (SSSR count). The normalized spacial score (nSPS) is 13.9. The number of fused-ring (bicyclic) bond motifs is 1. The molecule has 0 saturated heterocycles. The number of amides is 2. The van der Waals surface area contributed by atoms with Gasteiger partial charge in [0.05, 0.1) is 16.8 Å². The van der Waals surface area contributed by atoms with Crippen LogP contribution in [0.4, 0.5) is 0 Å². The van der Waals surface area contributed by atoms with Crippen molar-refractivity contribution in [2.75, 3.05) is 10.7 Å². The van der Waals surface area contributed by atoms with E-state index >= 15 is 0 Å². The Bertz CT molecular complexity index is 473. The highest BCUT2D eigenvalue weighted by atomic mass is 79.9. The summed E-state index contributed by atoms with van der Waals surface area (Å²) in [5.74, 6) is -0.741. The van der Waals surface area contributed by atoms with Gasteiger partial charge in [-0.05, 0) is 12.1 Å². The largest absolute Gasteiger partial charge is 0.282 e. The fraction of sp³-hybridized carbons (Fsp3) is 0.182. The highest BCUT2D eigenvalue weighted by molar-refractivity contribution is 9.10. The predicted octanol–water partition coefficient (Wildman–Crippen LogP) is 2.43. The molecule has 0 bridgehead atoms. The first-order chi connectivity index (χ1) is 8.19. The fourth-order valence-electron chi connectivity index (χ4n) is 1.50. The maximum Gasteiger partial charge on any atom is 0.282 e. The third kappa shape index (κ3) is 2.19. The predicted molar refractivity (Wildman–Crippen MR) is 72.0 cm³/mol. The first kappa shape index (κ1) is 12.4. The van der Waals surface area contributed by atoms with E-state index in [2.05, 4.69) is 37.0 Å². The van der Waals surface area contributed by atoms with Crippen molar-refractivity contribution in [3.8, 4) is 0 Å². The Balaban J connectivity index is 2.40. The van der Waals surface area contributed by atoms with Gasteiger partial charge < -0.3 is 0 Å². The maximum absolute atomic E-state index is 11.9. The molecule has 1 heterocycles. The summed E-state index contributed by atoms with van der Waals surface area (Å²) in [4.78, 5) is 23.9. The molecule has 88 valence electrons. The zero-order valence-corrected chi connectivity index (χ0v) is 11.9. The summed E-state index contributed by atoms with van der Waals surface area (Å²) in [5, 5.41) is 5.98. The standard InChI is InChI=1S/C11H8Br2N2O2/c12-5-7(6-13)14-15-10(16)8-3-1-2-4-9(8)11(15)17/h1-4H,5-6H2. The molecule has 4 nitrogen and oxygen atoms in total. The summed E-state index contributed by atoms with van der Waals surface area (Å²) in [5.41, 5.74) is 1.49. The number of imide groups is 1. The smallest absolute Gasteiger partial charge is 0.267 e. The van der Waals surface area contributed by atoms with Gasteiger partial charge in [-0.1, -0.05) is 44.0 Å². The van der Waals surface area contributed by atoms with E-state index in [1.807, 2.05) is 0 Å². The van der Waals surface area contributed by atoms with Crippen LogP contribution in [-0.2, 0) is 0 Å². The minimum Gasteiger partial charge on any atom is -0.267 e. The van der Waals surface area contributed by atoms with Crippen LogP contribution in [0.1, 0.15) is 20.7 Å². The zero-order chi connectivity index (χ0) is 12.4.